The van der Waals surface area contributed by atoms with Gasteiger partial charge in [0.25, 0.3) is 5.91 Å². The van der Waals surface area contributed by atoms with Gasteiger partial charge in [-0.3, -0.25) is 4.79 Å². The number of carbonyl (C=O) groups excluding carboxylic acids is 1. The molecule has 0 bridgehead atoms. The average molecular weight is 462 g/mol. The monoisotopic (exact) mass is 461 g/mol. The van der Waals surface area contributed by atoms with Crippen LogP contribution in [-0.2, 0) is 13.0 Å². The first-order chi connectivity index (χ1) is 16.2. The summed E-state index contributed by atoms with van der Waals surface area (Å²) < 4.78 is 19.2. The van der Waals surface area contributed by atoms with E-state index in [0.29, 0.717) is 17.2 Å². The van der Waals surface area contributed by atoms with Crippen LogP contribution in [0.1, 0.15) is 77.8 Å². The van der Waals surface area contributed by atoms with E-state index in [1.807, 2.05) is 18.2 Å². The quantitative estimate of drug-likeness (QED) is 0.340. The lowest BCUT2D eigenvalue weighted by Gasteiger charge is -2.23. The highest BCUT2D eigenvalue weighted by atomic mass is 19.1. The van der Waals surface area contributed by atoms with Crippen molar-refractivity contribution in [3.05, 3.63) is 99.9 Å². The largest absolute Gasteiger partial charge is 0.489 e. The predicted molar refractivity (Wildman–Crippen MR) is 137 cm³/mol. The number of aryl methyl sites for hydroxylation is 3. The Kier molecular flexibility index (Phi) is 8.86. The number of hydrogen-bond donors (Lipinski definition) is 1. The fourth-order valence-corrected chi connectivity index (χ4v) is 4.33. The molecule has 1 N–H and O–H groups in total. The fourth-order valence-electron chi connectivity index (χ4n) is 4.33. The molecule has 3 rings (SSSR count). The third kappa shape index (κ3) is 7.18. The molecule has 4 heteroatoms. The highest BCUT2D eigenvalue weighted by molar-refractivity contribution is 5.96. The minimum atomic E-state index is -0.335. The number of ether oxygens (including phenoxy) is 1. The summed E-state index contributed by atoms with van der Waals surface area (Å²) in [5.74, 6) is 0.502. The Bertz CT molecular complexity index is 1100. The summed E-state index contributed by atoms with van der Waals surface area (Å²) in [6, 6.07) is 18.4. The molecule has 0 aliphatic carbocycles. The van der Waals surface area contributed by atoms with Crippen molar-refractivity contribution < 1.29 is 13.9 Å². The van der Waals surface area contributed by atoms with Crippen LogP contribution in [0.5, 0.6) is 5.75 Å². The van der Waals surface area contributed by atoms with Crippen LogP contribution in [-0.4, -0.2) is 5.91 Å². The molecule has 0 saturated heterocycles. The second-order valence-corrected chi connectivity index (χ2v) is 9.56. The van der Waals surface area contributed by atoms with E-state index in [1.165, 1.54) is 23.3 Å². The highest BCUT2D eigenvalue weighted by Crippen LogP contribution is 2.25. The van der Waals surface area contributed by atoms with Crippen molar-refractivity contribution in [2.24, 2.45) is 5.92 Å². The SMILES string of the molecule is CCCc1ccc(COc2cccc(F)c2)cc1C(=O)NC(CC(C)C)c1cc(C)cc(C)c1. The summed E-state index contributed by atoms with van der Waals surface area (Å²) in [4.78, 5) is 13.5. The van der Waals surface area contributed by atoms with Gasteiger partial charge in [-0.05, 0) is 67.5 Å². The van der Waals surface area contributed by atoms with Crippen molar-refractivity contribution in [3.63, 3.8) is 0 Å². The Labute approximate surface area is 203 Å². The number of halogens is 1. The first kappa shape index (κ1) is 25.5. The molecule has 3 aromatic carbocycles. The number of rotatable bonds is 10. The average Bonchev–Trinajstić information content (AvgIpc) is 2.77. The second kappa shape index (κ2) is 11.8. The Hall–Kier alpha value is -3.14. The molecule has 3 aromatic rings. The van der Waals surface area contributed by atoms with Crippen LogP contribution in [0.25, 0.3) is 0 Å². The molecule has 0 fully saturated rings. The van der Waals surface area contributed by atoms with Gasteiger partial charge in [0, 0.05) is 11.6 Å². The van der Waals surface area contributed by atoms with Crippen LogP contribution in [0.4, 0.5) is 4.39 Å². The smallest absolute Gasteiger partial charge is 0.252 e. The van der Waals surface area contributed by atoms with E-state index >= 15 is 0 Å². The zero-order chi connectivity index (χ0) is 24.7. The van der Waals surface area contributed by atoms with Crippen LogP contribution in [0.15, 0.2) is 60.7 Å². The summed E-state index contributed by atoms with van der Waals surface area (Å²) in [5.41, 5.74) is 6.11. The minimum Gasteiger partial charge on any atom is -0.489 e. The Balaban J connectivity index is 1.85. The van der Waals surface area contributed by atoms with Gasteiger partial charge in [-0.1, -0.05) is 74.7 Å². The molecule has 1 unspecified atom stereocenters. The maximum Gasteiger partial charge on any atom is 0.252 e. The van der Waals surface area contributed by atoms with E-state index in [-0.39, 0.29) is 24.4 Å². The molecule has 0 heterocycles. The van der Waals surface area contributed by atoms with Crippen LogP contribution >= 0.6 is 0 Å². The summed E-state index contributed by atoms with van der Waals surface area (Å²) in [6.07, 6.45) is 2.64. The molecule has 1 amide bonds. The Morgan fingerprint density at radius 2 is 1.74 bits per heavy atom. The van der Waals surface area contributed by atoms with Gasteiger partial charge >= 0.3 is 0 Å². The van der Waals surface area contributed by atoms with Gasteiger partial charge in [0.1, 0.15) is 18.2 Å². The molecule has 180 valence electrons. The molecule has 1 atom stereocenters. The minimum absolute atomic E-state index is 0.0622. The zero-order valence-electron chi connectivity index (χ0n) is 21.0. The topological polar surface area (TPSA) is 38.3 Å². The van der Waals surface area contributed by atoms with Crippen molar-refractivity contribution in [2.75, 3.05) is 0 Å². The van der Waals surface area contributed by atoms with Gasteiger partial charge in [-0.25, -0.2) is 4.39 Å². The molecule has 0 spiro atoms. The van der Waals surface area contributed by atoms with E-state index in [0.717, 1.165) is 36.0 Å². The first-order valence-corrected chi connectivity index (χ1v) is 12.1. The highest BCUT2D eigenvalue weighted by Gasteiger charge is 2.20. The van der Waals surface area contributed by atoms with Gasteiger partial charge in [0.2, 0.25) is 0 Å². The third-order valence-electron chi connectivity index (χ3n) is 5.80. The summed E-state index contributed by atoms with van der Waals surface area (Å²) in [5, 5.41) is 3.31. The molecule has 3 nitrogen and oxygen atoms in total. The molecule has 0 aliphatic rings. The molecule has 0 aromatic heterocycles. The Morgan fingerprint density at radius 3 is 2.38 bits per heavy atom. The third-order valence-corrected chi connectivity index (χ3v) is 5.80. The lowest BCUT2D eigenvalue weighted by molar-refractivity contribution is 0.0930. The van der Waals surface area contributed by atoms with Crippen LogP contribution in [0, 0.1) is 25.6 Å². The van der Waals surface area contributed by atoms with Crippen molar-refractivity contribution in [3.8, 4) is 5.75 Å². The van der Waals surface area contributed by atoms with Crippen molar-refractivity contribution in [1.82, 2.24) is 5.32 Å². The van der Waals surface area contributed by atoms with Crippen LogP contribution in [0.2, 0.25) is 0 Å². The summed E-state index contributed by atoms with van der Waals surface area (Å²) in [6.45, 7) is 10.9. The molecule has 0 aliphatic heterocycles. The van der Waals surface area contributed by atoms with Crippen molar-refractivity contribution in [2.45, 2.75) is 66.5 Å². The number of nitrogens with one attached hydrogen (secondary N) is 1. The van der Waals surface area contributed by atoms with E-state index in [2.05, 4.69) is 58.1 Å². The lowest BCUT2D eigenvalue weighted by Crippen LogP contribution is -2.30. The van der Waals surface area contributed by atoms with Crippen LogP contribution < -0.4 is 10.1 Å². The summed E-state index contributed by atoms with van der Waals surface area (Å²) >= 11 is 0. The van der Waals surface area contributed by atoms with Crippen molar-refractivity contribution in [1.29, 1.82) is 0 Å². The first-order valence-electron chi connectivity index (χ1n) is 12.1. The van der Waals surface area contributed by atoms with E-state index in [1.54, 1.807) is 12.1 Å². The van der Waals surface area contributed by atoms with Gasteiger partial charge in [-0.15, -0.1) is 0 Å². The van der Waals surface area contributed by atoms with Gasteiger partial charge in [0.05, 0.1) is 6.04 Å². The number of carbonyl (C=O) groups is 1. The molecule has 0 radical (unpaired) electrons. The predicted octanol–water partition coefficient (Wildman–Crippen LogP) is 7.49. The molecule has 0 saturated carbocycles. The molecular formula is C30H36FNO2. The van der Waals surface area contributed by atoms with Crippen LogP contribution in [0.3, 0.4) is 0 Å². The maximum absolute atomic E-state index is 13.5. The van der Waals surface area contributed by atoms with E-state index < -0.39 is 0 Å². The Morgan fingerprint density at radius 1 is 1.00 bits per heavy atom. The van der Waals surface area contributed by atoms with Gasteiger partial charge < -0.3 is 10.1 Å². The lowest BCUT2D eigenvalue weighted by atomic mass is 9.93. The molecule has 34 heavy (non-hydrogen) atoms. The zero-order valence-corrected chi connectivity index (χ0v) is 21.0. The summed E-state index contributed by atoms with van der Waals surface area (Å²) in [7, 11) is 0. The standard InChI is InChI=1S/C30H36FNO2/c1-6-8-24-12-11-23(19-34-27-10-7-9-26(31)18-27)17-28(24)30(33)32-29(13-20(2)3)25-15-21(4)14-22(5)16-25/h7,9-12,14-18,20,29H,6,8,13,19H2,1-5H3,(H,32,33). The second-order valence-electron chi connectivity index (χ2n) is 9.56. The maximum atomic E-state index is 13.5. The van der Waals surface area contributed by atoms with Crippen molar-refractivity contribution >= 4 is 5.91 Å². The number of hydrogen-bond acceptors (Lipinski definition) is 2. The molecular weight excluding hydrogens is 425 g/mol. The van der Waals surface area contributed by atoms with Gasteiger partial charge in [0.15, 0.2) is 0 Å². The number of benzene rings is 3. The normalized spacial score (nSPS) is 12.0. The van der Waals surface area contributed by atoms with Gasteiger partial charge in [-0.2, -0.15) is 0 Å². The number of amides is 1. The van der Waals surface area contributed by atoms with E-state index in [4.69, 9.17) is 4.74 Å². The fraction of sp³-hybridized carbons (Fsp3) is 0.367. The van der Waals surface area contributed by atoms with E-state index in [9.17, 15) is 9.18 Å².